The maximum Gasteiger partial charge on any atom is 0.145 e. The van der Waals surface area contributed by atoms with E-state index in [4.69, 9.17) is 4.42 Å². The Balaban J connectivity index is 1.15. The monoisotopic (exact) mass is 779 g/mol. The molecule has 1 heterocycles. The molecule has 0 bridgehead atoms. The topological polar surface area (TPSA) is 16.4 Å². The molecule has 288 valence electrons. The van der Waals surface area contributed by atoms with Gasteiger partial charge in [0.2, 0.25) is 0 Å². The van der Waals surface area contributed by atoms with Crippen LogP contribution in [0.3, 0.4) is 0 Å². The number of fused-ring (bicyclic) bond motifs is 9. The summed E-state index contributed by atoms with van der Waals surface area (Å²) in [7, 11) is 0. The first-order valence-electron chi connectivity index (χ1n) is 21.2. The van der Waals surface area contributed by atoms with Crippen LogP contribution in [-0.2, 0) is 5.41 Å². The normalized spacial score (nSPS) is 12.9. The van der Waals surface area contributed by atoms with E-state index < -0.39 is 0 Å². The molecule has 0 amide bonds. The van der Waals surface area contributed by atoms with Crippen LogP contribution in [0.2, 0.25) is 0 Å². The minimum Gasteiger partial charge on any atom is -0.455 e. The van der Waals surface area contributed by atoms with Crippen molar-refractivity contribution in [2.24, 2.45) is 0 Å². The Kier molecular flexibility index (Phi) is 7.92. The smallest absolute Gasteiger partial charge is 0.145 e. The molecule has 0 spiro atoms. The number of hydrogen-bond acceptors (Lipinski definition) is 2. The van der Waals surface area contributed by atoms with Crippen molar-refractivity contribution in [2.45, 2.75) is 19.3 Å². The molecule has 1 aliphatic rings. The second kappa shape index (κ2) is 13.7. The van der Waals surface area contributed by atoms with Gasteiger partial charge in [-0.1, -0.05) is 172 Å². The van der Waals surface area contributed by atoms with Crippen molar-refractivity contribution in [3.8, 4) is 44.5 Å². The molecular formula is C59H41NO. The summed E-state index contributed by atoms with van der Waals surface area (Å²) < 4.78 is 7.31. The van der Waals surface area contributed by atoms with Crippen molar-refractivity contribution < 1.29 is 4.42 Å². The molecule has 0 N–H and O–H groups in total. The van der Waals surface area contributed by atoms with Gasteiger partial charge in [-0.2, -0.15) is 0 Å². The molecule has 0 aliphatic heterocycles. The van der Waals surface area contributed by atoms with Gasteiger partial charge >= 0.3 is 0 Å². The number of rotatable bonds is 6. The van der Waals surface area contributed by atoms with Gasteiger partial charge in [0, 0.05) is 27.7 Å². The molecule has 10 aromatic carbocycles. The Hall–Kier alpha value is -7.68. The number of hydrogen-bond donors (Lipinski definition) is 0. The summed E-state index contributed by atoms with van der Waals surface area (Å²) in [5.41, 5.74) is 17.0. The molecule has 0 radical (unpaired) electrons. The van der Waals surface area contributed by atoms with Crippen LogP contribution in [0.25, 0.3) is 88.0 Å². The largest absolute Gasteiger partial charge is 0.455 e. The van der Waals surface area contributed by atoms with Crippen LogP contribution in [-0.4, -0.2) is 0 Å². The predicted molar refractivity (Wildman–Crippen MR) is 257 cm³/mol. The van der Waals surface area contributed by atoms with E-state index in [9.17, 15) is 0 Å². The van der Waals surface area contributed by atoms with E-state index in [1.54, 1.807) is 0 Å². The van der Waals surface area contributed by atoms with E-state index in [2.05, 4.69) is 231 Å². The van der Waals surface area contributed by atoms with E-state index in [1.807, 2.05) is 0 Å². The Bertz CT molecular complexity index is 3390. The first-order valence-corrected chi connectivity index (χ1v) is 21.2. The first-order chi connectivity index (χ1) is 30.0. The summed E-state index contributed by atoms with van der Waals surface area (Å²) in [5, 5.41) is 7.10. The highest BCUT2D eigenvalue weighted by Gasteiger charge is 2.36. The van der Waals surface area contributed by atoms with Crippen molar-refractivity contribution in [1.82, 2.24) is 0 Å². The van der Waals surface area contributed by atoms with Crippen molar-refractivity contribution >= 4 is 60.5 Å². The third-order valence-corrected chi connectivity index (χ3v) is 13.1. The fourth-order valence-electron chi connectivity index (χ4n) is 10.0. The first kappa shape index (κ1) is 35.3. The van der Waals surface area contributed by atoms with Crippen molar-refractivity contribution in [3.63, 3.8) is 0 Å². The molecular weight excluding hydrogens is 739 g/mol. The van der Waals surface area contributed by atoms with Gasteiger partial charge < -0.3 is 9.32 Å². The van der Waals surface area contributed by atoms with Gasteiger partial charge in [0.1, 0.15) is 11.2 Å². The zero-order valence-corrected chi connectivity index (χ0v) is 34.1. The molecule has 0 unspecified atom stereocenters. The fourth-order valence-corrected chi connectivity index (χ4v) is 10.0. The predicted octanol–water partition coefficient (Wildman–Crippen LogP) is 16.7. The number of nitrogens with zero attached hydrogens (tertiary/aromatic N) is 1. The summed E-state index contributed by atoms with van der Waals surface area (Å²) in [5.74, 6) is 0. The number of benzene rings is 10. The fraction of sp³-hybridized carbons (Fsp3) is 0.0508. The number of furan rings is 1. The summed E-state index contributed by atoms with van der Waals surface area (Å²) in [6, 6.07) is 77.2. The van der Waals surface area contributed by atoms with Gasteiger partial charge in [0.15, 0.2) is 0 Å². The summed E-state index contributed by atoms with van der Waals surface area (Å²) in [4.78, 5) is 2.41. The van der Waals surface area contributed by atoms with Gasteiger partial charge in [-0.05, 0) is 126 Å². The van der Waals surface area contributed by atoms with Crippen LogP contribution >= 0.6 is 0 Å². The lowest BCUT2D eigenvalue weighted by atomic mass is 9.82. The third kappa shape index (κ3) is 5.56. The lowest BCUT2D eigenvalue weighted by Gasteiger charge is -2.27. The Morgan fingerprint density at radius 2 is 0.934 bits per heavy atom. The maximum absolute atomic E-state index is 7.31. The van der Waals surface area contributed by atoms with E-state index >= 15 is 0 Å². The third-order valence-electron chi connectivity index (χ3n) is 13.1. The maximum atomic E-state index is 7.31. The molecule has 2 heteroatoms. The quantitative estimate of drug-likeness (QED) is 0.156. The number of anilines is 3. The Morgan fingerprint density at radius 3 is 1.61 bits per heavy atom. The molecule has 1 aromatic heterocycles. The second-order valence-corrected chi connectivity index (χ2v) is 16.9. The van der Waals surface area contributed by atoms with Crippen LogP contribution in [0.15, 0.2) is 217 Å². The highest BCUT2D eigenvalue weighted by atomic mass is 16.3. The molecule has 0 atom stereocenters. The summed E-state index contributed by atoms with van der Waals surface area (Å²) >= 11 is 0. The molecule has 0 fully saturated rings. The highest BCUT2D eigenvalue weighted by Crippen LogP contribution is 2.53. The molecule has 11 aromatic rings. The van der Waals surface area contributed by atoms with Crippen molar-refractivity contribution in [1.29, 1.82) is 0 Å². The lowest BCUT2D eigenvalue weighted by molar-refractivity contribution is 0.648. The van der Waals surface area contributed by atoms with Gasteiger partial charge in [-0.3, -0.25) is 0 Å². The average Bonchev–Trinajstić information content (AvgIpc) is 3.81. The van der Waals surface area contributed by atoms with Gasteiger partial charge in [0.25, 0.3) is 0 Å². The van der Waals surface area contributed by atoms with Crippen LogP contribution < -0.4 is 4.90 Å². The minimum absolute atomic E-state index is 0.160. The van der Waals surface area contributed by atoms with Gasteiger partial charge in [-0.25, -0.2) is 0 Å². The van der Waals surface area contributed by atoms with Gasteiger partial charge in [-0.15, -0.1) is 0 Å². The molecule has 12 rings (SSSR count). The standard InChI is InChI=1S/C59H41NO/c1-59(2)53-24-14-13-23-48(53)51-36-52-56(37-54(51)59)61-58-49(50-35-42-19-9-10-20-45(42)46-21-11-12-22-47(46)50)33-34-55(57(52)58)60(43-29-25-40(26-30-43)38-15-5-3-6-16-38)44-31-27-41(28-32-44)39-17-7-4-8-18-39/h3-37H,1-2H3. The molecule has 2 nitrogen and oxygen atoms in total. The molecule has 1 aliphatic carbocycles. The molecule has 0 saturated carbocycles. The van der Waals surface area contributed by atoms with Crippen LogP contribution in [0, 0.1) is 0 Å². The lowest BCUT2D eigenvalue weighted by Crippen LogP contribution is -2.14. The molecule has 61 heavy (non-hydrogen) atoms. The van der Waals surface area contributed by atoms with E-state index in [0.29, 0.717) is 0 Å². The summed E-state index contributed by atoms with van der Waals surface area (Å²) in [6.07, 6.45) is 0. The highest BCUT2D eigenvalue weighted by molar-refractivity contribution is 6.21. The SMILES string of the molecule is CC1(C)c2ccccc2-c2cc3c(cc21)oc1c(-c2cc4ccccc4c4ccccc24)ccc(N(c2ccc(-c4ccccc4)cc2)c2ccc(-c4ccccc4)cc2)c13. The summed E-state index contributed by atoms with van der Waals surface area (Å²) in [6.45, 7) is 4.67. The van der Waals surface area contributed by atoms with Crippen LogP contribution in [0.5, 0.6) is 0 Å². The second-order valence-electron chi connectivity index (χ2n) is 16.9. The van der Waals surface area contributed by atoms with Crippen LogP contribution in [0.4, 0.5) is 17.1 Å². The van der Waals surface area contributed by atoms with E-state index in [1.165, 1.54) is 66.1 Å². The van der Waals surface area contributed by atoms with Crippen molar-refractivity contribution in [2.75, 3.05) is 4.90 Å². The minimum atomic E-state index is -0.160. The van der Waals surface area contributed by atoms with Gasteiger partial charge in [0.05, 0.1) is 11.1 Å². The average molecular weight is 780 g/mol. The zero-order valence-electron chi connectivity index (χ0n) is 34.1. The zero-order chi connectivity index (χ0) is 40.7. The van der Waals surface area contributed by atoms with E-state index in [0.717, 1.165) is 50.1 Å². The van der Waals surface area contributed by atoms with E-state index in [-0.39, 0.29) is 5.41 Å². The Morgan fingerprint density at radius 1 is 0.377 bits per heavy atom. The van der Waals surface area contributed by atoms with Crippen LogP contribution in [0.1, 0.15) is 25.0 Å². The van der Waals surface area contributed by atoms with Crippen molar-refractivity contribution in [3.05, 3.63) is 223 Å². The molecule has 0 saturated heterocycles. The Labute approximate surface area is 355 Å².